The number of imidazole rings is 1. The van der Waals surface area contributed by atoms with Gasteiger partial charge in [-0.3, -0.25) is 4.79 Å². The molecular formula is C23H25N11O3. The molecule has 0 radical (unpaired) electrons. The number of carbonyl (C=O) groups is 2. The van der Waals surface area contributed by atoms with Crippen molar-refractivity contribution < 1.29 is 14.3 Å². The third-order valence-corrected chi connectivity index (χ3v) is 6.72. The van der Waals surface area contributed by atoms with Crippen LogP contribution in [0.3, 0.4) is 0 Å². The van der Waals surface area contributed by atoms with E-state index in [0.717, 1.165) is 11.4 Å². The number of likely N-dealkylation sites (tertiary alicyclic amines) is 1. The van der Waals surface area contributed by atoms with Gasteiger partial charge in [-0.15, -0.1) is 10.2 Å². The highest BCUT2D eigenvalue weighted by Crippen LogP contribution is 2.30. The average Bonchev–Trinajstić information content (AvgIpc) is 3.56. The minimum absolute atomic E-state index is 0.0319. The van der Waals surface area contributed by atoms with Crippen LogP contribution in [0.25, 0.3) is 11.2 Å². The number of carbonyl (C=O) groups excluding carboxylic acids is 2. The first-order valence-electron chi connectivity index (χ1n) is 11.9. The van der Waals surface area contributed by atoms with Crippen LogP contribution in [0, 0.1) is 5.92 Å². The number of nitrogen functional groups attached to an aromatic ring is 2. The molecule has 1 unspecified atom stereocenters. The number of hydrogen-bond donors (Lipinski definition) is 3. The van der Waals surface area contributed by atoms with Gasteiger partial charge in [-0.2, -0.15) is 9.97 Å². The number of rotatable bonds is 6. The number of nitrogens with two attached hydrogens (primary N) is 2. The molecule has 14 heteroatoms. The fourth-order valence-electron chi connectivity index (χ4n) is 4.75. The topological polar surface area (TPSA) is 185 Å². The highest BCUT2D eigenvalue weighted by atomic mass is 16.5. The molecule has 1 aromatic carbocycles. The lowest BCUT2D eigenvalue weighted by Gasteiger charge is -2.41. The largest absolute Gasteiger partial charge is 0.445 e. The quantitative estimate of drug-likeness (QED) is 0.330. The van der Waals surface area contributed by atoms with Gasteiger partial charge in [0.2, 0.25) is 11.9 Å². The first-order chi connectivity index (χ1) is 18.0. The molecule has 37 heavy (non-hydrogen) atoms. The molecular weight excluding hydrogens is 478 g/mol. The maximum atomic E-state index is 13.2. The number of fused-ring (bicyclic) bond motifs is 2. The van der Waals surface area contributed by atoms with E-state index in [4.69, 9.17) is 16.2 Å². The maximum Gasteiger partial charge on any atom is 0.407 e. The summed E-state index contributed by atoms with van der Waals surface area (Å²) < 4.78 is 9.02. The Bertz CT molecular complexity index is 1480. The summed E-state index contributed by atoms with van der Waals surface area (Å²) in [6.07, 6.45) is 1.61. The number of anilines is 2. The zero-order chi connectivity index (χ0) is 25.5. The fourth-order valence-corrected chi connectivity index (χ4v) is 4.75. The van der Waals surface area contributed by atoms with Crippen LogP contribution in [0.1, 0.15) is 23.3 Å². The average molecular weight is 504 g/mol. The first-order valence-corrected chi connectivity index (χ1v) is 11.9. The maximum absolute atomic E-state index is 13.2. The van der Waals surface area contributed by atoms with E-state index < -0.39 is 6.09 Å². The summed E-state index contributed by atoms with van der Waals surface area (Å²) >= 11 is 0. The molecule has 14 nitrogen and oxygen atoms in total. The molecule has 4 aromatic rings. The monoisotopic (exact) mass is 503 g/mol. The van der Waals surface area contributed by atoms with Gasteiger partial charge in [-0.25, -0.2) is 9.78 Å². The molecule has 3 aromatic heterocycles. The molecule has 5 heterocycles. The Morgan fingerprint density at radius 3 is 2.70 bits per heavy atom. The lowest BCUT2D eigenvalue weighted by molar-refractivity contribution is -0.141. The summed E-state index contributed by atoms with van der Waals surface area (Å²) in [6, 6.07) is 9.47. The normalized spacial score (nSPS) is 17.0. The molecule has 6 rings (SSSR count). The van der Waals surface area contributed by atoms with E-state index >= 15 is 0 Å². The van der Waals surface area contributed by atoms with E-state index in [0.29, 0.717) is 43.0 Å². The third-order valence-electron chi connectivity index (χ3n) is 6.72. The highest BCUT2D eigenvalue weighted by molar-refractivity contribution is 5.83. The number of alkyl carbamates (subject to hydrolysis) is 1. The molecule has 0 spiro atoms. The van der Waals surface area contributed by atoms with Crippen LogP contribution in [0.2, 0.25) is 0 Å². The second-order valence-electron chi connectivity index (χ2n) is 9.15. The van der Waals surface area contributed by atoms with Crippen molar-refractivity contribution in [2.75, 3.05) is 24.6 Å². The van der Waals surface area contributed by atoms with Crippen molar-refractivity contribution in [3.8, 4) is 0 Å². The molecule has 1 atom stereocenters. The number of nitrogens with zero attached hydrogens (tertiary/aromatic N) is 8. The van der Waals surface area contributed by atoms with Gasteiger partial charge in [0.25, 0.3) is 0 Å². The Balaban J connectivity index is 1.02. The molecule has 0 saturated carbocycles. The molecule has 1 fully saturated rings. The Labute approximate surface area is 210 Å². The minimum atomic E-state index is -0.542. The van der Waals surface area contributed by atoms with Crippen LogP contribution < -0.4 is 16.8 Å². The van der Waals surface area contributed by atoms with Crippen molar-refractivity contribution in [3.63, 3.8) is 0 Å². The van der Waals surface area contributed by atoms with Gasteiger partial charge in [0, 0.05) is 26.1 Å². The number of hydrogen-bond acceptors (Lipinski definition) is 10. The van der Waals surface area contributed by atoms with E-state index in [2.05, 4.69) is 30.5 Å². The first kappa shape index (κ1) is 22.7. The molecule has 1 saturated heterocycles. The van der Waals surface area contributed by atoms with Crippen molar-refractivity contribution in [1.29, 1.82) is 0 Å². The molecule has 0 aliphatic carbocycles. The minimum Gasteiger partial charge on any atom is -0.445 e. The summed E-state index contributed by atoms with van der Waals surface area (Å²) in [7, 11) is 0. The second kappa shape index (κ2) is 9.04. The Morgan fingerprint density at radius 1 is 1.08 bits per heavy atom. The summed E-state index contributed by atoms with van der Waals surface area (Å²) in [6.45, 7) is 1.88. The molecule has 0 bridgehead atoms. The molecule has 190 valence electrons. The van der Waals surface area contributed by atoms with Crippen LogP contribution in [-0.4, -0.2) is 64.3 Å². The van der Waals surface area contributed by atoms with Crippen LogP contribution in [-0.2, 0) is 35.6 Å². The van der Waals surface area contributed by atoms with Gasteiger partial charge in [-0.05, 0) is 5.56 Å². The van der Waals surface area contributed by atoms with Gasteiger partial charge in [0.05, 0.1) is 24.8 Å². The SMILES string of the molecule is Nc1nc(N)c2ncn(C3CN(C(=O)C4Cc5nnc(CNC(=O)OCc6ccccc6)n5C4)C3)c2n1. The van der Waals surface area contributed by atoms with Crippen molar-refractivity contribution >= 4 is 34.9 Å². The van der Waals surface area contributed by atoms with Crippen LogP contribution in [0.4, 0.5) is 16.6 Å². The Hall–Kier alpha value is -4.75. The highest BCUT2D eigenvalue weighted by Gasteiger charge is 2.39. The Kier molecular flexibility index (Phi) is 5.54. The van der Waals surface area contributed by atoms with Gasteiger partial charge in [0.15, 0.2) is 17.3 Å². The van der Waals surface area contributed by atoms with E-state index in [9.17, 15) is 9.59 Å². The smallest absolute Gasteiger partial charge is 0.407 e. The predicted molar refractivity (Wildman–Crippen MR) is 130 cm³/mol. The lowest BCUT2D eigenvalue weighted by Crippen LogP contribution is -2.52. The van der Waals surface area contributed by atoms with Crippen molar-refractivity contribution in [1.82, 2.24) is 44.5 Å². The molecule has 2 amide bonds. The summed E-state index contributed by atoms with van der Waals surface area (Å²) in [5.41, 5.74) is 13.6. The third kappa shape index (κ3) is 4.26. The Morgan fingerprint density at radius 2 is 1.89 bits per heavy atom. The van der Waals surface area contributed by atoms with Gasteiger partial charge >= 0.3 is 6.09 Å². The van der Waals surface area contributed by atoms with Crippen molar-refractivity contribution in [2.45, 2.75) is 32.2 Å². The molecule has 2 aliphatic heterocycles. The van der Waals surface area contributed by atoms with Crippen LogP contribution in [0.15, 0.2) is 36.7 Å². The van der Waals surface area contributed by atoms with E-state index in [1.54, 1.807) is 6.33 Å². The molecule has 5 N–H and O–H groups in total. The lowest BCUT2D eigenvalue weighted by atomic mass is 10.0. The van der Waals surface area contributed by atoms with E-state index in [-0.39, 0.29) is 42.8 Å². The summed E-state index contributed by atoms with van der Waals surface area (Å²) in [5.74, 6) is 1.46. The van der Waals surface area contributed by atoms with Gasteiger partial charge in [-0.1, -0.05) is 30.3 Å². The summed E-state index contributed by atoms with van der Waals surface area (Å²) in [4.78, 5) is 39.6. The number of ether oxygens (including phenoxy) is 1. The fraction of sp³-hybridized carbons (Fsp3) is 0.348. The van der Waals surface area contributed by atoms with Gasteiger partial charge in [0.1, 0.15) is 17.9 Å². The zero-order valence-corrected chi connectivity index (χ0v) is 19.8. The van der Waals surface area contributed by atoms with Crippen LogP contribution in [0.5, 0.6) is 0 Å². The van der Waals surface area contributed by atoms with E-state index in [1.807, 2.05) is 44.4 Å². The molecule has 2 aliphatic rings. The standard InChI is InChI=1S/C23H25N11O3/c24-19-18-20(29-22(25)28-19)34(12-27-18)15-9-32(10-15)21(35)14-6-16-30-31-17(33(16)8-14)7-26-23(36)37-11-13-4-2-1-3-5-13/h1-5,12,14-15H,6-11H2,(H,26,36)(H4,24,25,28,29). The van der Waals surface area contributed by atoms with Gasteiger partial charge < -0.3 is 35.6 Å². The summed E-state index contributed by atoms with van der Waals surface area (Å²) in [5, 5.41) is 11.1. The predicted octanol–water partition coefficient (Wildman–Crippen LogP) is 0.264. The van der Waals surface area contributed by atoms with Crippen molar-refractivity contribution in [2.24, 2.45) is 5.92 Å². The number of amides is 2. The van der Waals surface area contributed by atoms with Crippen molar-refractivity contribution in [3.05, 3.63) is 53.9 Å². The number of nitrogens with one attached hydrogen (secondary N) is 1. The second-order valence-corrected chi connectivity index (χ2v) is 9.15. The number of benzene rings is 1. The zero-order valence-electron chi connectivity index (χ0n) is 19.8. The number of aromatic nitrogens is 7. The van der Waals surface area contributed by atoms with Crippen LogP contribution >= 0.6 is 0 Å². The van der Waals surface area contributed by atoms with E-state index in [1.165, 1.54) is 0 Å².